The molecule has 11 heteroatoms. The summed E-state index contributed by atoms with van der Waals surface area (Å²) in [5.74, 6) is -5.81. The minimum absolute atomic E-state index is 0. The minimum Gasteiger partial charge on any atom is -0.337 e. The SMILES string of the molecule is CC(=O)[C-](C=O)C(F)(F)F.CC(=O)[C-](C=O)C(F)(F)F.[Cu+2]. The van der Waals surface area contributed by atoms with E-state index >= 15 is 0 Å². The summed E-state index contributed by atoms with van der Waals surface area (Å²) in [6, 6.07) is 0. The predicted octanol–water partition coefficient (Wildman–Crippen LogP) is 1.82. The van der Waals surface area contributed by atoms with E-state index in [2.05, 4.69) is 0 Å². The number of rotatable bonds is 4. The van der Waals surface area contributed by atoms with E-state index in [4.69, 9.17) is 0 Å². The van der Waals surface area contributed by atoms with Crippen molar-refractivity contribution in [3.63, 3.8) is 0 Å². The van der Waals surface area contributed by atoms with Gasteiger partial charge in [0, 0.05) is 24.1 Å². The first-order chi connectivity index (χ1) is 8.78. The van der Waals surface area contributed by atoms with Gasteiger partial charge in [-0.25, -0.2) is 26.3 Å². The fourth-order valence-corrected chi connectivity index (χ4v) is 0.699. The van der Waals surface area contributed by atoms with Gasteiger partial charge >= 0.3 is 17.1 Å². The van der Waals surface area contributed by atoms with Gasteiger partial charge in [-0.1, -0.05) is 0 Å². The molecule has 0 aliphatic rings. The number of carbonyl (C=O) groups is 4. The van der Waals surface area contributed by atoms with E-state index in [1.54, 1.807) is 0 Å². The average Bonchev–Trinajstić information content (AvgIpc) is 2.13. The van der Waals surface area contributed by atoms with Crippen molar-refractivity contribution in [2.75, 3.05) is 0 Å². The molecular formula is C10H8CuF6O4. The molecule has 1 radical (unpaired) electrons. The monoisotopic (exact) mass is 369 g/mol. The van der Waals surface area contributed by atoms with Gasteiger partial charge in [-0.2, -0.15) is 11.8 Å². The Morgan fingerprint density at radius 1 is 0.762 bits per heavy atom. The molecule has 0 N–H and O–H groups in total. The zero-order valence-electron chi connectivity index (χ0n) is 10.4. The van der Waals surface area contributed by atoms with Gasteiger partial charge in [-0.05, 0) is 13.8 Å². The minimum atomic E-state index is -4.81. The van der Waals surface area contributed by atoms with Crippen LogP contribution in [0.15, 0.2) is 0 Å². The summed E-state index contributed by atoms with van der Waals surface area (Å²) >= 11 is 0. The van der Waals surface area contributed by atoms with Crippen molar-refractivity contribution in [1.29, 1.82) is 0 Å². The largest absolute Gasteiger partial charge is 2.00 e. The maximum Gasteiger partial charge on any atom is 2.00 e. The predicted molar refractivity (Wildman–Crippen MR) is 52.1 cm³/mol. The van der Waals surface area contributed by atoms with Gasteiger partial charge in [0.05, 0.1) is 0 Å². The molecular weight excluding hydrogens is 362 g/mol. The van der Waals surface area contributed by atoms with Crippen molar-refractivity contribution in [2.24, 2.45) is 0 Å². The number of alkyl halides is 6. The van der Waals surface area contributed by atoms with Crippen LogP contribution in [0, 0.1) is 11.8 Å². The molecule has 4 nitrogen and oxygen atoms in total. The Balaban J connectivity index is -0.000000295. The summed E-state index contributed by atoms with van der Waals surface area (Å²) in [6.07, 6.45) is -10.6. The zero-order chi connectivity index (χ0) is 16.7. The number of Topliss-reactive ketones (excluding diaryl/α,β-unsaturated/α-hetero) is 2. The maximum absolute atomic E-state index is 11.5. The molecule has 0 rings (SSSR count). The first-order valence-electron chi connectivity index (χ1n) is 4.59. The molecule has 0 atom stereocenters. The Morgan fingerprint density at radius 3 is 0.952 bits per heavy atom. The van der Waals surface area contributed by atoms with Crippen molar-refractivity contribution in [2.45, 2.75) is 26.2 Å². The molecule has 0 amide bonds. The topological polar surface area (TPSA) is 68.3 Å². The molecule has 125 valence electrons. The normalized spacial score (nSPS) is 10.3. The van der Waals surface area contributed by atoms with Crippen LogP contribution in [-0.4, -0.2) is 36.5 Å². The Morgan fingerprint density at radius 2 is 0.952 bits per heavy atom. The summed E-state index contributed by atoms with van der Waals surface area (Å²) in [6.45, 7) is 1.38. The first-order valence-corrected chi connectivity index (χ1v) is 4.59. The summed E-state index contributed by atoms with van der Waals surface area (Å²) in [5.41, 5.74) is 0. The molecule has 0 aromatic heterocycles. The molecule has 0 bridgehead atoms. The molecule has 0 aliphatic heterocycles. The van der Waals surface area contributed by atoms with Crippen molar-refractivity contribution < 1.29 is 62.6 Å². The van der Waals surface area contributed by atoms with E-state index in [-0.39, 0.29) is 17.1 Å². The van der Waals surface area contributed by atoms with Gasteiger partial charge in [-0.3, -0.25) is 0 Å². The third-order valence-corrected chi connectivity index (χ3v) is 1.61. The van der Waals surface area contributed by atoms with Gasteiger partial charge in [0.25, 0.3) is 12.4 Å². The van der Waals surface area contributed by atoms with Crippen LogP contribution >= 0.6 is 0 Å². The molecule has 21 heavy (non-hydrogen) atoms. The van der Waals surface area contributed by atoms with E-state index in [0.717, 1.165) is 0 Å². The summed E-state index contributed by atoms with van der Waals surface area (Å²) in [5, 5.41) is 0. The number of hydrogen-bond donors (Lipinski definition) is 0. The van der Waals surface area contributed by atoms with Crippen molar-refractivity contribution in [1.82, 2.24) is 0 Å². The number of halogens is 6. The van der Waals surface area contributed by atoms with Crippen LogP contribution < -0.4 is 0 Å². The van der Waals surface area contributed by atoms with Gasteiger partial charge in [0.2, 0.25) is 0 Å². The molecule has 0 saturated heterocycles. The van der Waals surface area contributed by atoms with Crippen LogP contribution in [0.5, 0.6) is 0 Å². The second-order valence-electron chi connectivity index (χ2n) is 3.17. The molecule has 0 unspecified atom stereocenters. The van der Waals surface area contributed by atoms with Gasteiger partial charge in [-0.15, -0.1) is 0 Å². The van der Waals surface area contributed by atoms with E-state index in [9.17, 15) is 45.5 Å². The Labute approximate surface area is 125 Å². The van der Waals surface area contributed by atoms with E-state index in [1.807, 2.05) is 0 Å². The van der Waals surface area contributed by atoms with Gasteiger partial charge < -0.3 is 19.2 Å². The van der Waals surface area contributed by atoms with Crippen LogP contribution in [-0.2, 0) is 36.2 Å². The number of aldehydes is 2. The van der Waals surface area contributed by atoms with Crippen molar-refractivity contribution in [3.05, 3.63) is 11.8 Å². The summed E-state index contributed by atoms with van der Waals surface area (Å²) < 4.78 is 68.9. The zero-order valence-corrected chi connectivity index (χ0v) is 11.3. The standard InChI is InChI=1S/2C5H4F3O2.Cu/c2*1-3(10)4(2-9)5(6,7)8;/h2*2H,1H3;/q2*-1;+2. The summed E-state index contributed by atoms with van der Waals surface area (Å²) in [4.78, 5) is 39.3. The Hall–Kier alpha value is -1.48. The van der Waals surface area contributed by atoms with E-state index < -0.39 is 48.3 Å². The number of ketones is 2. The first kappa shape index (κ1) is 24.5. The van der Waals surface area contributed by atoms with Crippen LogP contribution in [0.1, 0.15) is 13.8 Å². The van der Waals surface area contributed by atoms with E-state index in [0.29, 0.717) is 13.8 Å². The van der Waals surface area contributed by atoms with Crippen LogP contribution in [0.25, 0.3) is 0 Å². The number of hydrogen-bond acceptors (Lipinski definition) is 4. The van der Waals surface area contributed by atoms with Crippen molar-refractivity contribution >= 4 is 24.1 Å². The Kier molecular flexibility index (Phi) is 11.0. The second-order valence-corrected chi connectivity index (χ2v) is 3.17. The van der Waals surface area contributed by atoms with E-state index in [1.165, 1.54) is 0 Å². The Bertz CT molecular complexity index is 341. The van der Waals surface area contributed by atoms with Crippen LogP contribution in [0.4, 0.5) is 26.3 Å². The molecule has 0 heterocycles. The smallest absolute Gasteiger partial charge is 0.337 e. The number of carbonyl (C=O) groups excluding carboxylic acids is 4. The third-order valence-electron chi connectivity index (χ3n) is 1.61. The fourth-order valence-electron chi connectivity index (χ4n) is 0.699. The maximum atomic E-state index is 11.5. The van der Waals surface area contributed by atoms with Crippen molar-refractivity contribution in [3.8, 4) is 0 Å². The van der Waals surface area contributed by atoms with Crippen LogP contribution in [0.2, 0.25) is 0 Å². The fraction of sp³-hybridized carbons (Fsp3) is 0.400. The molecule has 0 aromatic rings. The molecule has 0 saturated carbocycles. The second kappa shape index (κ2) is 9.45. The third kappa shape index (κ3) is 9.97. The molecule has 0 spiro atoms. The quantitative estimate of drug-likeness (QED) is 0.249. The van der Waals surface area contributed by atoms with Gasteiger partial charge in [0.15, 0.2) is 0 Å². The van der Waals surface area contributed by atoms with Crippen LogP contribution in [0.3, 0.4) is 0 Å². The van der Waals surface area contributed by atoms with Gasteiger partial charge in [0.1, 0.15) is 0 Å². The summed E-state index contributed by atoms with van der Waals surface area (Å²) in [7, 11) is 0. The molecule has 0 aliphatic carbocycles. The molecule has 0 aromatic carbocycles. The average molecular weight is 370 g/mol. The molecule has 0 fully saturated rings.